The van der Waals surface area contributed by atoms with Crippen molar-refractivity contribution in [2.24, 2.45) is 0 Å². The fraction of sp³-hybridized carbons (Fsp3) is 0.600. The third kappa shape index (κ3) is 3.93. The lowest BCUT2D eigenvalue weighted by atomic mass is 9.85. The first-order chi connectivity index (χ1) is 9.76. The normalized spacial score (nSPS) is 25.4. The second-order valence-corrected chi connectivity index (χ2v) is 5.31. The van der Waals surface area contributed by atoms with E-state index in [0.29, 0.717) is 25.9 Å². The standard InChI is InChI=1S/C15H22ClNO3/c1-17-13-9-14(15(13)19-8-7-18-2)20-10-11-5-3-4-6-12(11)16/h3-6,13-15,17H,7-10H2,1-2H3. The molecule has 5 heteroatoms. The zero-order valence-electron chi connectivity index (χ0n) is 12.0. The molecule has 0 spiro atoms. The Morgan fingerprint density at radius 3 is 2.75 bits per heavy atom. The van der Waals surface area contributed by atoms with Crippen LogP contribution in [0.25, 0.3) is 0 Å². The van der Waals surface area contributed by atoms with Gasteiger partial charge in [0.15, 0.2) is 0 Å². The average Bonchev–Trinajstić information content (AvgIpc) is 2.44. The van der Waals surface area contributed by atoms with Crippen molar-refractivity contribution < 1.29 is 14.2 Å². The van der Waals surface area contributed by atoms with Crippen LogP contribution in [-0.4, -0.2) is 45.6 Å². The van der Waals surface area contributed by atoms with Gasteiger partial charge in [0.1, 0.15) is 0 Å². The van der Waals surface area contributed by atoms with Crippen molar-refractivity contribution >= 4 is 11.6 Å². The van der Waals surface area contributed by atoms with Gasteiger partial charge >= 0.3 is 0 Å². The van der Waals surface area contributed by atoms with Crippen LogP contribution in [0.5, 0.6) is 0 Å². The Bertz CT molecular complexity index is 416. The molecule has 0 saturated heterocycles. The number of ether oxygens (including phenoxy) is 3. The van der Waals surface area contributed by atoms with Crippen LogP contribution in [0.15, 0.2) is 24.3 Å². The third-order valence-corrected chi connectivity index (χ3v) is 4.00. The highest BCUT2D eigenvalue weighted by molar-refractivity contribution is 6.31. The fourth-order valence-corrected chi connectivity index (χ4v) is 2.52. The van der Waals surface area contributed by atoms with Crippen LogP contribution in [0, 0.1) is 0 Å². The van der Waals surface area contributed by atoms with Crippen molar-refractivity contribution in [1.29, 1.82) is 0 Å². The summed E-state index contributed by atoms with van der Waals surface area (Å²) in [6, 6.07) is 8.10. The molecule has 0 aliphatic heterocycles. The van der Waals surface area contributed by atoms with Gasteiger partial charge < -0.3 is 19.5 Å². The monoisotopic (exact) mass is 299 g/mol. The Morgan fingerprint density at radius 2 is 2.05 bits per heavy atom. The molecule has 0 bridgehead atoms. The van der Waals surface area contributed by atoms with Gasteiger partial charge in [-0.15, -0.1) is 0 Å². The number of likely N-dealkylation sites (N-methyl/N-ethyl adjacent to an activating group) is 1. The summed E-state index contributed by atoms with van der Waals surface area (Å²) in [4.78, 5) is 0. The molecule has 0 radical (unpaired) electrons. The first-order valence-corrected chi connectivity index (χ1v) is 7.27. The number of halogens is 1. The van der Waals surface area contributed by atoms with E-state index in [-0.39, 0.29) is 12.2 Å². The van der Waals surface area contributed by atoms with Crippen LogP contribution in [0.4, 0.5) is 0 Å². The van der Waals surface area contributed by atoms with E-state index in [0.717, 1.165) is 17.0 Å². The van der Waals surface area contributed by atoms with Gasteiger partial charge in [-0.3, -0.25) is 0 Å². The molecular weight excluding hydrogens is 278 g/mol. The number of hydrogen-bond donors (Lipinski definition) is 1. The SMILES string of the molecule is CNC1CC(OCc2ccccc2Cl)C1OCCOC. The maximum Gasteiger partial charge on any atom is 0.0991 e. The molecule has 0 heterocycles. The number of hydrogen-bond acceptors (Lipinski definition) is 4. The van der Waals surface area contributed by atoms with Crippen LogP contribution >= 0.6 is 11.6 Å². The zero-order chi connectivity index (χ0) is 14.4. The quantitative estimate of drug-likeness (QED) is 0.748. The van der Waals surface area contributed by atoms with Crippen LogP contribution in [0.1, 0.15) is 12.0 Å². The van der Waals surface area contributed by atoms with Gasteiger partial charge in [0.25, 0.3) is 0 Å². The minimum atomic E-state index is 0.0811. The number of methoxy groups -OCH3 is 1. The summed E-state index contributed by atoms with van der Waals surface area (Å²) in [6.45, 7) is 1.71. The average molecular weight is 300 g/mol. The molecular formula is C15H22ClNO3. The molecule has 1 aromatic carbocycles. The van der Waals surface area contributed by atoms with Gasteiger partial charge in [0.05, 0.1) is 32.0 Å². The maximum atomic E-state index is 6.12. The van der Waals surface area contributed by atoms with E-state index in [9.17, 15) is 0 Å². The molecule has 3 unspecified atom stereocenters. The highest BCUT2D eigenvalue weighted by Crippen LogP contribution is 2.29. The molecule has 1 aromatic rings. The Kier molecular flexibility index (Phi) is 6.26. The van der Waals surface area contributed by atoms with Gasteiger partial charge in [-0.1, -0.05) is 29.8 Å². The lowest BCUT2D eigenvalue weighted by molar-refractivity contribution is -0.155. The van der Waals surface area contributed by atoms with Crippen molar-refractivity contribution in [1.82, 2.24) is 5.32 Å². The Balaban J connectivity index is 1.81. The molecule has 112 valence electrons. The van der Waals surface area contributed by atoms with Gasteiger partial charge in [0, 0.05) is 18.2 Å². The first-order valence-electron chi connectivity index (χ1n) is 6.89. The van der Waals surface area contributed by atoms with E-state index in [1.165, 1.54) is 0 Å². The number of rotatable bonds is 8. The van der Waals surface area contributed by atoms with Crippen LogP contribution < -0.4 is 5.32 Å². The Hall–Kier alpha value is -0.650. The van der Waals surface area contributed by atoms with E-state index in [4.69, 9.17) is 25.8 Å². The summed E-state index contributed by atoms with van der Waals surface area (Å²) in [5.74, 6) is 0. The number of benzene rings is 1. The second-order valence-electron chi connectivity index (χ2n) is 4.90. The molecule has 0 amide bonds. The maximum absolute atomic E-state index is 6.12. The van der Waals surface area contributed by atoms with Crippen molar-refractivity contribution in [3.63, 3.8) is 0 Å². The van der Waals surface area contributed by atoms with E-state index in [1.807, 2.05) is 31.3 Å². The van der Waals surface area contributed by atoms with Crippen LogP contribution in [-0.2, 0) is 20.8 Å². The minimum absolute atomic E-state index is 0.0811. The Labute approximate surface area is 125 Å². The molecule has 1 aliphatic carbocycles. The molecule has 2 rings (SSSR count). The fourth-order valence-electron chi connectivity index (χ4n) is 2.33. The summed E-state index contributed by atoms with van der Waals surface area (Å²) in [5, 5.41) is 3.99. The van der Waals surface area contributed by atoms with Crippen LogP contribution in [0.2, 0.25) is 5.02 Å². The van der Waals surface area contributed by atoms with E-state index in [1.54, 1.807) is 7.11 Å². The second kappa shape index (κ2) is 7.96. The highest BCUT2D eigenvalue weighted by atomic mass is 35.5. The van der Waals surface area contributed by atoms with Gasteiger partial charge in [-0.2, -0.15) is 0 Å². The molecule has 3 atom stereocenters. The summed E-state index contributed by atoms with van der Waals surface area (Å²) in [5.41, 5.74) is 1.01. The van der Waals surface area contributed by atoms with Gasteiger partial charge in [-0.25, -0.2) is 0 Å². The highest BCUT2D eigenvalue weighted by Gasteiger charge is 2.41. The summed E-state index contributed by atoms with van der Waals surface area (Å²) >= 11 is 6.12. The van der Waals surface area contributed by atoms with E-state index in [2.05, 4.69) is 5.32 Å². The predicted octanol–water partition coefficient (Wildman–Crippen LogP) is 2.25. The lowest BCUT2D eigenvalue weighted by Gasteiger charge is -2.43. The zero-order valence-corrected chi connectivity index (χ0v) is 12.7. The van der Waals surface area contributed by atoms with Gasteiger partial charge in [-0.05, 0) is 25.1 Å². The molecule has 0 aromatic heterocycles. The molecule has 1 N–H and O–H groups in total. The lowest BCUT2D eigenvalue weighted by Crippen LogP contribution is -2.59. The number of nitrogens with one attached hydrogen (secondary N) is 1. The Morgan fingerprint density at radius 1 is 1.25 bits per heavy atom. The van der Waals surface area contributed by atoms with Crippen molar-refractivity contribution in [2.75, 3.05) is 27.4 Å². The summed E-state index contributed by atoms with van der Waals surface area (Å²) in [6.07, 6.45) is 1.15. The first kappa shape index (κ1) is 15.7. The third-order valence-electron chi connectivity index (χ3n) is 3.63. The largest absolute Gasteiger partial charge is 0.382 e. The summed E-state index contributed by atoms with van der Waals surface area (Å²) in [7, 11) is 3.62. The molecule has 1 aliphatic rings. The van der Waals surface area contributed by atoms with E-state index >= 15 is 0 Å². The molecule has 1 fully saturated rings. The topological polar surface area (TPSA) is 39.7 Å². The predicted molar refractivity (Wildman–Crippen MR) is 79.1 cm³/mol. The van der Waals surface area contributed by atoms with Gasteiger partial charge in [0.2, 0.25) is 0 Å². The minimum Gasteiger partial charge on any atom is -0.382 e. The van der Waals surface area contributed by atoms with Crippen molar-refractivity contribution in [2.45, 2.75) is 31.3 Å². The molecule has 4 nitrogen and oxygen atoms in total. The van der Waals surface area contributed by atoms with Crippen molar-refractivity contribution in [3.05, 3.63) is 34.9 Å². The summed E-state index contributed by atoms with van der Waals surface area (Å²) < 4.78 is 16.7. The molecule has 20 heavy (non-hydrogen) atoms. The van der Waals surface area contributed by atoms with Crippen molar-refractivity contribution in [3.8, 4) is 0 Å². The van der Waals surface area contributed by atoms with Crippen LogP contribution in [0.3, 0.4) is 0 Å². The molecule has 1 saturated carbocycles. The smallest absolute Gasteiger partial charge is 0.0991 e. The van der Waals surface area contributed by atoms with E-state index < -0.39 is 0 Å².